The van der Waals surface area contributed by atoms with Gasteiger partial charge in [0.1, 0.15) is 5.75 Å². The van der Waals surface area contributed by atoms with E-state index in [1.807, 2.05) is 48.5 Å². The fourth-order valence-electron chi connectivity index (χ4n) is 2.28. The Morgan fingerprint density at radius 1 is 0.609 bits per heavy atom. The van der Waals surface area contributed by atoms with E-state index < -0.39 is 6.61 Å². The van der Waals surface area contributed by atoms with Crippen LogP contribution in [0.15, 0.2) is 99.6 Å². The highest BCUT2D eigenvalue weighted by atomic mass is 32.2. The maximum Gasteiger partial charge on any atom is 0.387 e. The van der Waals surface area contributed by atoms with Crippen LogP contribution in [0.4, 0.5) is 8.78 Å². The molecule has 3 aromatic rings. The lowest BCUT2D eigenvalue weighted by Crippen LogP contribution is -2.05. The minimum absolute atomic E-state index is 0.174. The second-order valence-electron chi connectivity index (χ2n) is 4.78. The number of hydrogen-bond acceptors (Lipinski definition) is 1. The predicted octanol–water partition coefficient (Wildman–Crippen LogP) is 5.38. The number of hydrogen-bond donors (Lipinski definition) is 0. The van der Waals surface area contributed by atoms with Crippen molar-refractivity contribution < 1.29 is 13.5 Å². The second kappa shape index (κ2) is 7.29. The van der Waals surface area contributed by atoms with Gasteiger partial charge in [-0.25, -0.2) is 0 Å². The Morgan fingerprint density at radius 3 is 1.48 bits per heavy atom. The molecule has 1 nitrogen and oxygen atoms in total. The zero-order valence-corrected chi connectivity index (χ0v) is 13.0. The van der Waals surface area contributed by atoms with Crippen molar-refractivity contribution in [1.82, 2.24) is 0 Å². The van der Waals surface area contributed by atoms with Crippen molar-refractivity contribution in [3.63, 3.8) is 0 Å². The Morgan fingerprint density at radius 2 is 1.04 bits per heavy atom. The summed E-state index contributed by atoms with van der Waals surface area (Å²) in [6.07, 6.45) is 0. The van der Waals surface area contributed by atoms with E-state index in [9.17, 15) is 8.78 Å². The van der Waals surface area contributed by atoms with Gasteiger partial charge in [0, 0.05) is 0 Å². The largest absolute Gasteiger partial charge is 0.435 e. The van der Waals surface area contributed by atoms with Crippen LogP contribution in [0.2, 0.25) is 0 Å². The second-order valence-corrected chi connectivity index (χ2v) is 6.81. The van der Waals surface area contributed by atoms with E-state index in [1.54, 1.807) is 12.1 Å². The Labute approximate surface area is 136 Å². The smallest absolute Gasteiger partial charge is 0.387 e. The molecular weight excluding hydrogens is 314 g/mol. The summed E-state index contributed by atoms with van der Waals surface area (Å²) in [6, 6.07) is 27.2. The molecule has 0 amide bonds. The molecule has 3 rings (SSSR count). The summed E-state index contributed by atoms with van der Waals surface area (Å²) < 4.78 is 29.0. The van der Waals surface area contributed by atoms with Gasteiger partial charge in [-0.1, -0.05) is 36.4 Å². The van der Waals surface area contributed by atoms with Gasteiger partial charge >= 0.3 is 6.61 Å². The molecular formula is C19H15F2OS+. The highest BCUT2D eigenvalue weighted by molar-refractivity contribution is 7.97. The summed E-state index contributed by atoms with van der Waals surface area (Å²) in [7, 11) is -0.279. The molecule has 3 aromatic carbocycles. The van der Waals surface area contributed by atoms with Gasteiger partial charge < -0.3 is 4.74 Å². The van der Waals surface area contributed by atoms with E-state index >= 15 is 0 Å². The molecule has 0 spiro atoms. The predicted molar refractivity (Wildman–Crippen MR) is 88.1 cm³/mol. The van der Waals surface area contributed by atoms with Crippen LogP contribution in [-0.4, -0.2) is 6.61 Å². The van der Waals surface area contributed by atoms with Crippen LogP contribution < -0.4 is 4.74 Å². The third-order valence-electron chi connectivity index (χ3n) is 3.24. The molecule has 0 fully saturated rings. The van der Waals surface area contributed by atoms with Crippen LogP contribution in [0.5, 0.6) is 5.75 Å². The summed E-state index contributed by atoms with van der Waals surface area (Å²) in [5.41, 5.74) is 0. The number of ether oxygens (including phenoxy) is 1. The Balaban J connectivity index is 1.99. The molecule has 4 heteroatoms. The summed E-state index contributed by atoms with van der Waals surface area (Å²) in [6.45, 7) is -2.80. The average molecular weight is 329 g/mol. The van der Waals surface area contributed by atoms with Crippen LogP contribution in [0, 0.1) is 0 Å². The number of halogens is 2. The monoisotopic (exact) mass is 329 g/mol. The molecule has 0 bridgehead atoms. The topological polar surface area (TPSA) is 9.23 Å². The van der Waals surface area contributed by atoms with Crippen molar-refractivity contribution in [2.45, 2.75) is 21.3 Å². The Kier molecular flexibility index (Phi) is 4.93. The van der Waals surface area contributed by atoms with Crippen molar-refractivity contribution in [3.05, 3.63) is 84.9 Å². The molecule has 0 aliphatic rings. The maximum absolute atomic E-state index is 12.3. The molecule has 0 unspecified atom stereocenters. The third kappa shape index (κ3) is 3.90. The molecule has 0 radical (unpaired) electrons. The van der Waals surface area contributed by atoms with E-state index in [4.69, 9.17) is 0 Å². The van der Waals surface area contributed by atoms with E-state index in [1.165, 1.54) is 9.79 Å². The van der Waals surface area contributed by atoms with Gasteiger partial charge in [-0.3, -0.25) is 0 Å². The first kappa shape index (κ1) is 15.6. The van der Waals surface area contributed by atoms with Gasteiger partial charge in [-0.15, -0.1) is 0 Å². The number of alkyl halides is 2. The van der Waals surface area contributed by atoms with Crippen molar-refractivity contribution in [2.24, 2.45) is 0 Å². The van der Waals surface area contributed by atoms with Gasteiger partial charge in [0.15, 0.2) is 14.7 Å². The first-order chi connectivity index (χ1) is 11.2. The van der Waals surface area contributed by atoms with E-state index in [0.29, 0.717) is 0 Å². The van der Waals surface area contributed by atoms with Crippen LogP contribution in [0.1, 0.15) is 0 Å². The van der Waals surface area contributed by atoms with Gasteiger partial charge in [0.05, 0.1) is 10.9 Å². The van der Waals surface area contributed by atoms with Crippen molar-refractivity contribution in [2.75, 3.05) is 0 Å². The fraction of sp³-hybridized carbons (Fsp3) is 0.0526. The lowest BCUT2D eigenvalue weighted by atomic mass is 10.3. The number of benzene rings is 3. The molecule has 0 atom stereocenters. The van der Waals surface area contributed by atoms with Gasteiger partial charge in [0.2, 0.25) is 0 Å². The molecule has 0 aliphatic heterocycles. The summed E-state index contributed by atoms with van der Waals surface area (Å²) in [4.78, 5) is 3.42. The van der Waals surface area contributed by atoms with E-state index in [-0.39, 0.29) is 16.6 Å². The summed E-state index contributed by atoms with van der Waals surface area (Å²) in [5, 5.41) is 0. The standard InChI is InChI=1S/C19H15F2OS/c20-19(21)22-15-11-13-18(14-12-15)23(16-7-3-1-4-8-16)17-9-5-2-6-10-17/h1-14,19H/q+1. The fourth-order valence-corrected chi connectivity index (χ4v) is 4.36. The molecule has 0 heterocycles. The molecule has 23 heavy (non-hydrogen) atoms. The first-order valence-corrected chi connectivity index (χ1v) is 8.36. The molecule has 0 aliphatic carbocycles. The van der Waals surface area contributed by atoms with Crippen molar-refractivity contribution in [3.8, 4) is 5.75 Å². The lowest BCUT2D eigenvalue weighted by Gasteiger charge is -2.09. The SMILES string of the molecule is FC(F)Oc1ccc([S+](c2ccccc2)c2ccccc2)cc1. The minimum Gasteiger partial charge on any atom is -0.435 e. The highest BCUT2D eigenvalue weighted by Crippen LogP contribution is 2.32. The van der Waals surface area contributed by atoms with Gasteiger partial charge in [-0.2, -0.15) is 8.78 Å². The normalized spacial score (nSPS) is 11.0. The molecule has 0 aromatic heterocycles. The van der Waals surface area contributed by atoms with Crippen LogP contribution in [0.3, 0.4) is 0 Å². The molecule has 0 N–H and O–H groups in total. The lowest BCUT2D eigenvalue weighted by molar-refractivity contribution is -0.0498. The highest BCUT2D eigenvalue weighted by Gasteiger charge is 2.28. The van der Waals surface area contributed by atoms with Crippen LogP contribution in [-0.2, 0) is 10.9 Å². The van der Waals surface area contributed by atoms with Gasteiger partial charge in [-0.05, 0) is 48.5 Å². The summed E-state index contributed by atoms with van der Waals surface area (Å²) in [5.74, 6) is 0.174. The molecule has 0 saturated carbocycles. The van der Waals surface area contributed by atoms with Crippen molar-refractivity contribution in [1.29, 1.82) is 0 Å². The van der Waals surface area contributed by atoms with Crippen molar-refractivity contribution >= 4 is 10.9 Å². The first-order valence-electron chi connectivity index (χ1n) is 7.13. The maximum atomic E-state index is 12.3. The Hall–Kier alpha value is -2.33. The number of rotatable bonds is 5. The third-order valence-corrected chi connectivity index (χ3v) is 5.47. The van der Waals surface area contributed by atoms with E-state index in [0.717, 1.165) is 4.90 Å². The quantitative estimate of drug-likeness (QED) is 0.571. The Bertz CT molecular complexity index is 691. The van der Waals surface area contributed by atoms with Crippen LogP contribution in [0.25, 0.3) is 0 Å². The zero-order valence-electron chi connectivity index (χ0n) is 12.2. The molecule has 0 saturated heterocycles. The average Bonchev–Trinajstić information content (AvgIpc) is 2.58. The van der Waals surface area contributed by atoms with E-state index in [2.05, 4.69) is 29.0 Å². The van der Waals surface area contributed by atoms with Gasteiger partial charge in [0.25, 0.3) is 0 Å². The zero-order chi connectivity index (χ0) is 16.1. The molecule has 116 valence electrons. The summed E-state index contributed by atoms with van der Waals surface area (Å²) >= 11 is 0. The van der Waals surface area contributed by atoms with Crippen LogP contribution >= 0.6 is 0 Å². The minimum atomic E-state index is -2.80.